The lowest BCUT2D eigenvalue weighted by Gasteiger charge is -2.29. The summed E-state index contributed by atoms with van der Waals surface area (Å²) in [6.07, 6.45) is 3.45. The molecule has 1 aliphatic rings. The van der Waals surface area contributed by atoms with E-state index in [0.717, 1.165) is 12.1 Å². The van der Waals surface area contributed by atoms with Crippen molar-refractivity contribution in [3.8, 4) is 0 Å². The molecule has 5 heteroatoms. The third-order valence-electron chi connectivity index (χ3n) is 3.83. The van der Waals surface area contributed by atoms with E-state index < -0.39 is 5.97 Å². The van der Waals surface area contributed by atoms with Crippen LogP contribution in [-0.4, -0.2) is 33.5 Å². The zero-order valence-corrected chi connectivity index (χ0v) is 10.5. The third-order valence-corrected chi connectivity index (χ3v) is 3.83. The first-order chi connectivity index (χ1) is 8.50. The molecule has 0 amide bonds. The van der Waals surface area contributed by atoms with E-state index in [1.807, 2.05) is 13.8 Å². The molecule has 0 aliphatic carbocycles. The van der Waals surface area contributed by atoms with Crippen molar-refractivity contribution in [2.45, 2.75) is 32.4 Å². The maximum absolute atomic E-state index is 13.1. The second kappa shape index (κ2) is 5.02. The molecule has 0 radical (unpaired) electrons. The monoisotopic (exact) mass is 252 g/mol. The van der Waals surface area contributed by atoms with Gasteiger partial charge in [-0.25, -0.2) is 4.39 Å². The second-order valence-electron chi connectivity index (χ2n) is 4.82. The van der Waals surface area contributed by atoms with E-state index in [9.17, 15) is 9.18 Å². The molecule has 1 N–H and O–H groups in total. The summed E-state index contributed by atoms with van der Waals surface area (Å²) in [6, 6.07) is 1.40. The average Bonchev–Trinajstić information content (AvgIpc) is 2.70. The lowest BCUT2D eigenvalue weighted by Crippen LogP contribution is -2.35. The number of halogens is 1. The predicted octanol–water partition coefficient (Wildman–Crippen LogP) is 2.08. The van der Waals surface area contributed by atoms with Gasteiger partial charge in [-0.05, 0) is 38.4 Å². The Morgan fingerprint density at radius 1 is 1.61 bits per heavy atom. The Morgan fingerprint density at radius 2 is 2.33 bits per heavy atom. The number of aromatic nitrogens is 1. The van der Waals surface area contributed by atoms with Gasteiger partial charge in [0.2, 0.25) is 0 Å². The van der Waals surface area contributed by atoms with Crippen LogP contribution in [0.5, 0.6) is 0 Å². The van der Waals surface area contributed by atoms with Crippen molar-refractivity contribution in [2.24, 2.45) is 5.92 Å². The van der Waals surface area contributed by atoms with Crippen LogP contribution in [0.15, 0.2) is 18.5 Å². The van der Waals surface area contributed by atoms with Gasteiger partial charge in [0, 0.05) is 18.3 Å². The van der Waals surface area contributed by atoms with E-state index in [0.29, 0.717) is 6.42 Å². The number of carboxylic acids is 1. The average molecular weight is 252 g/mol. The van der Waals surface area contributed by atoms with Gasteiger partial charge in [0.05, 0.1) is 12.1 Å². The highest BCUT2D eigenvalue weighted by molar-refractivity contribution is 5.71. The normalized spacial score (nSPS) is 26.2. The maximum Gasteiger partial charge on any atom is 0.308 e. The van der Waals surface area contributed by atoms with Crippen molar-refractivity contribution in [1.29, 1.82) is 0 Å². The van der Waals surface area contributed by atoms with Crippen molar-refractivity contribution < 1.29 is 14.3 Å². The molecule has 0 spiro atoms. The van der Waals surface area contributed by atoms with Gasteiger partial charge < -0.3 is 5.11 Å². The molecule has 3 unspecified atom stereocenters. The van der Waals surface area contributed by atoms with Crippen molar-refractivity contribution in [3.05, 3.63) is 29.8 Å². The van der Waals surface area contributed by atoms with Crippen LogP contribution in [-0.2, 0) is 4.79 Å². The molecule has 2 heterocycles. The maximum atomic E-state index is 13.1. The summed E-state index contributed by atoms with van der Waals surface area (Å²) in [4.78, 5) is 17.0. The summed E-state index contributed by atoms with van der Waals surface area (Å²) < 4.78 is 13.1. The summed E-state index contributed by atoms with van der Waals surface area (Å²) in [7, 11) is 0. The van der Waals surface area contributed by atoms with Crippen LogP contribution in [0.2, 0.25) is 0 Å². The molecule has 3 atom stereocenters. The smallest absolute Gasteiger partial charge is 0.308 e. The van der Waals surface area contributed by atoms with Crippen LogP contribution in [0.3, 0.4) is 0 Å². The highest BCUT2D eigenvalue weighted by Crippen LogP contribution is 2.32. The number of aliphatic carboxylic acids is 1. The number of hydrogen-bond acceptors (Lipinski definition) is 3. The predicted molar refractivity (Wildman–Crippen MR) is 64.5 cm³/mol. The Kier molecular flexibility index (Phi) is 3.61. The van der Waals surface area contributed by atoms with Crippen molar-refractivity contribution in [2.75, 3.05) is 6.54 Å². The Balaban J connectivity index is 2.15. The van der Waals surface area contributed by atoms with Crippen molar-refractivity contribution in [3.63, 3.8) is 0 Å². The molecule has 4 nitrogen and oxygen atoms in total. The third kappa shape index (κ3) is 2.36. The second-order valence-corrected chi connectivity index (χ2v) is 4.82. The zero-order valence-electron chi connectivity index (χ0n) is 10.5. The standard InChI is InChI=1S/C13H17FN2O2/c1-8(10-5-11(14)7-15-6-10)16-4-3-12(9(16)2)13(17)18/h5-9,12H,3-4H2,1-2H3,(H,17,18). The van der Waals surface area contributed by atoms with Gasteiger partial charge in [-0.15, -0.1) is 0 Å². The topological polar surface area (TPSA) is 53.4 Å². The van der Waals surface area contributed by atoms with Gasteiger partial charge in [-0.2, -0.15) is 0 Å². The first kappa shape index (κ1) is 13.0. The number of carboxylic acid groups (broad SMARTS) is 1. The number of likely N-dealkylation sites (tertiary alicyclic amines) is 1. The lowest BCUT2D eigenvalue weighted by molar-refractivity contribution is -0.142. The Labute approximate surface area is 105 Å². The largest absolute Gasteiger partial charge is 0.481 e. The van der Waals surface area contributed by atoms with E-state index >= 15 is 0 Å². The SMILES string of the molecule is CC(c1cncc(F)c1)N1CCC(C(=O)O)C1C. The molecule has 0 bridgehead atoms. The van der Waals surface area contributed by atoms with Crippen LogP contribution < -0.4 is 0 Å². The fourth-order valence-corrected chi connectivity index (χ4v) is 2.69. The number of nitrogens with zero attached hydrogens (tertiary/aromatic N) is 2. The quantitative estimate of drug-likeness (QED) is 0.894. The van der Waals surface area contributed by atoms with Gasteiger partial charge >= 0.3 is 5.97 Å². The fraction of sp³-hybridized carbons (Fsp3) is 0.538. The molecule has 1 saturated heterocycles. The fourth-order valence-electron chi connectivity index (χ4n) is 2.69. The Morgan fingerprint density at radius 3 is 2.89 bits per heavy atom. The molecule has 1 fully saturated rings. The van der Waals surface area contributed by atoms with Gasteiger partial charge in [0.25, 0.3) is 0 Å². The van der Waals surface area contributed by atoms with Crippen molar-refractivity contribution >= 4 is 5.97 Å². The van der Waals surface area contributed by atoms with Crippen LogP contribution in [0.25, 0.3) is 0 Å². The summed E-state index contributed by atoms with van der Waals surface area (Å²) in [5.74, 6) is -1.45. The summed E-state index contributed by atoms with van der Waals surface area (Å²) in [5.41, 5.74) is 0.785. The summed E-state index contributed by atoms with van der Waals surface area (Å²) in [5, 5.41) is 9.10. The molecular weight excluding hydrogens is 235 g/mol. The number of rotatable bonds is 3. The first-order valence-corrected chi connectivity index (χ1v) is 6.09. The Hall–Kier alpha value is -1.49. The van der Waals surface area contributed by atoms with E-state index in [1.54, 1.807) is 6.20 Å². The first-order valence-electron chi connectivity index (χ1n) is 6.09. The van der Waals surface area contributed by atoms with Crippen LogP contribution in [0.4, 0.5) is 4.39 Å². The zero-order chi connectivity index (χ0) is 13.3. The summed E-state index contributed by atoms with van der Waals surface area (Å²) >= 11 is 0. The highest BCUT2D eigenvalue weighted by Gasteiger charge is 2.38. The minimum atomic E-state index is -0.755. The molecule has 1 aromatic rings. The lowest BCUT2D eigenvalue weighted by atomic mass is 10.0. The number of hydrogen-bond donors (Lipinski definition) is 1. The van der Waals surface area contributed by atoms with Crippen LogP contribution in [0, 0.1) is 11.7 Å². The molecule has 98 valence electrons. The number of carbonyl (C=O) groups is 1. The molecule has 1 aliphatic heterocycles. The molecule has 0 saturated carbocycles. The highest BCUT2D eigenvalue weighted by atomic mass is 19.1. The van der Waals surface area contributed by atoms with Gasteiger partial charge in [0.15, 0.2) is 0 Å². The van der Waals surface area contributed by atoms with Gasteiger partial charge in [-0.1, -0.05) is 0 Å². The minimum Gasteiger partial charge on any atom is -0.481 e. The van der Waals surface area contributed by atoms with Gasteiger partial charge in [-0.3, -0.25) is 14.7 Å². The van der Waals surface area contributed by atoms with Crippen LogP contribution in [0.1, 0.15) is 31.9 Å². The van der Waals surface area contributed by atoms with Crippen LogP contribution >= 0.6 is 0 Å². The van der Waals surface area contributed by atoms with E-state index in [1.165, 1.54) is 12.3 Å². The molecule has 0 aromatic carbocycles. The van der Waals surface area contributed by atoms with E-state index in [4.69, 9.17) is 5.11 Å². The van der Waals surface area contributed by atoms with Crippen molar-refractivity contribution in [1.82, 2.24) is 9.88 Å². The molecule has 1 aromatic heterocycles. The number of pyridine rings is 1. The molecular formula is C13H17FN2O2. The minimum absolute atomic E-state index is 0.0208. The molecule has 2 rings (SSSR count). The Bertz CT molecular complexity index is 452. The van der Waals surface area contributed by atoms with E-state index in [-0.39, 0.29) is 23.8 Å². The molecule has 18 heavy (non-hydrogen) atoms. The summed E-state index contributed by atoms with van der Waals surface area (Å²) in [6.45, 7) is 4.59. The van der Waals surface area contributed by atoms with E-state index in [2.05, 4.69) is 9.88 Å². The van der Waals surface area contributed by atoms with Gasteiger partial charge in [0.1, 0.15) is 5.82 Å².